The van der Waals surface area contributed by atoms with Crippen LogP contribution in [0.25, 0.3) is 0 Å². The maximum absolute atomic E-state index is 13.0. The first-order valence-electron chi connectivity index (χ1n) is 10.6. The number of piperazine rings is 1. The van der Waals surface area contributed by atoms with Crippen LogP contribution in [0.4, 0.5) is 11.4 Å². The number of hydrogen-bond acceptors (Lipinski definition) is 6. The van der Waals surface area contributed by atoms with Crippen LogP contribution in [-0.4, -0.2) is 82.6 Å². The Morgan fingerprint density at radius 3 is 2.34 bits per heavy atom. The number of benzene rings is 2. The maximum Gasteiger partial charge on any atom is 0.244 e. The van der Waals surface area contributed by atoms with Crippen molar-refractivity contribution < 1.29 is 17.9 Å². The van der Waals surface area contributed by atoms with Crippen LogP contribution in [-0.2, 0) is 19.6 Å². The molecule has 0 unspecified atom stereocenters. The molecule has 0 aliphatic carbocycles. The zero-order valence-corrected chi connectivity index (χ0v) is 19.3. The average molecular weight is 479 g/mol. The summed E-state index contributed by atoms with van der Waals surface area (Å²) in [6.45, 7) is 4.25. The van der Waals surface area contributed by atoms with Crippen LogP contribution in [0.5, 0.6) is 0 Å². The van der Waals surface area contributed by atoms with Gasteiger partial charge in [-0.05, 0) is 30.3 Å². The van der Waals surface area contributed by atoms with Gasteiger partial charge in [-0.2, -0.15) is 4.31 Å². The van der Waals surface area contributed by atoms with Gasteiger partial charge in [-0.15, -0.1) is 0 Å². The summed E-state index contributed by atoms with van der Waals surface area (Å²) in [6, 6.07) is 14.9. The summed E-state index contributed by atoms with van der Waals surface area (Å²) >= 11 is 6.20. The predicted molar refractivity (Wildman–Crippen MR) is 125 cm³/mol. The van der Waals surface area contributed by atoms with Gasteiger partial charge in [-0.25, -0.2) is 8.42 Å². The molecule has 4 rings (SSSR count). The van der Waals surface area contributed by atoms with Gasteiger partial charge in [-0.1, -0.05) is 29.8 Å². The summed E-state index contributed by atoms with van der Waals surface area (Å²) in [6.07, 6.45) is 0. The first-order valence-corrected chi connectivity index (χ1v) is 12.5. The number of sulfonamides is 1. The van der Waals surface area contributed by atoms with Crippen LogP contribution >= 0.6 is 11.6 Å². The van der Waals surface area contributed by atoms with E-state index in [2.05, 4.69) is 22.3 Å². The molecule has 2 aromatic rings. The number of anilines is 2. The highest BCUT2D eigenvalue weighted by molar-refractivity contribution is 7.89. The molecule has 32 heavy (non-hydrogen) atoms. The summed E-state index contributed by atoms with van der Waals surface area (Å²) in [5.74, 6) is -0.0229. The largest absolute Gasteiger partial charge is 0.379 e. The molecule has 2 saturated heterocycles. The zero-order valence-electron chi connectivity index (χ0n) is 17.7. The van der Waals surface area contributed by atoms with E-state index in [0.717, 1.165) is 18.8 Å². The Balaban J connectivity index is 1.35. The number of rotatable bonds is 6. The van der Waals surface area contributed by atoms with Crippen molar-refractivity contribution in [3.8, 4) is 0 Å². The molecule has 0 spiro atoms. The zero-order chi connectivity index (χ0) is 22.6. The molecular weight excluding hydrogens is 452 g/mol. The lowest BCUT2D eigenvalue weighted by Gasteiger charge is -2.36. The summed E-state index contributed by atoms with van der Waals surface area (Å²) in [5, 5.41) is 3.21. The Morgan fingerprint density at radius 2 is 1.66 bits per heavy atom. The third kappa shape index (κ3) is 5.17. The first-order chi connectivity index (χ1) is 15.4. The molecule has 1 N–H and O–H groups in total. The third-order valence-electron chi connectivity index (χ3n) is 5.72. The molecule has 172 valence electrons. The number of hydrogen-bond donors (Lipinski definition) is 1. The number of halogens is 1. The Morgan fingerprint density at radius 1 is 0.969 bits per heavy atom. The summed E-state index contributed by atoms with van der Waals surface area (Å²) in [7, 11) is -3.73. The minimum Gasteiger partial charge on any atom is -0.379 e. The van der Waals surface area contributed by atoms with Gasteiger partial charge in [0.25, 0.3) is 0 Å². The molecule has 10 heteroatoms. The molecule has 0 aromatic heterocycles. The molecule has 0 atom stereocenters. The van der Waals surface area contributed by atoms with Crippen molar-refractivity contribution in [2.75, 3.05) is 69.2 Å². The fourth-order valence-corrected chi connectivity index (χ4v) is 5.79. The molecule has 2 aliphatic heterocycles. The van der Waals surface area contributed by atoms with Crippen LogP contribution in [0.15, 0.2) is 53.4 Å². The van der Waals surface area contributed by atoms with Gasteiger partial charge in [0, 0.05) is 50.6 Å². The van der Waals surface area contributed by atoms with Crippen LogP contribution in [0, 0.1) is 0 Å². The van der Waals surface area contributed by atoms with E-state index < -0.39 is 10.0 Å². The van der Waals surface area contributed by atoms with Crippen LogP contribution in [0.2, 0.25) is 5.02 Å². The molecule has 1 amide bonds. The molecule has 2 heterocycles. The number of para-hydroxylation sites is 1. The second-order valence-corrected chi connectivity index (χ2v) is 10.0. The van der Waals surface area contributed by atoms with E-state index in [4.69, 9.17) is 16.3 Å². The number of carbonyl (C=O) groups is 1. The topological polar surface area (TPSA) is 82.2 Å². The molecule has 0 radical (unpaired) electrons. The third-order valence-corrected chi connectivity index (χ3v) is 8.10. The SMILES string of the molecule is O=C(CNc1ccc(Cl)c(S(=O)(=O)N2CCOCC2)c1)N1CCN(c2ccccc2)CC1. The Labute approximate surface area is 193 Å². The van der Waals surface area contributed by atoms with Crippen LogP contribution in [0.3, 0.4) is 0 Å². The minimum absolute atomic E-state index is 0.0229. The summed E-state index contributed by atoms with van der Waals surface area (Å²) in [5.41, 5.74) is 1.70. The van der Waals surface area contributed by atoms with E-state index >= 15 is 0 Å². The highest BCUT2D eigenvalue weighted by Gasteiger charge is 2.29. The van der Waals surface area contributed by atoms with Crippen molar-refractivity contribution in [2.24, 2.45) is 0 Å². The van der Waals surface area contributed by atoms with Gasteiger partial charge < -0.3 is 19.9 Å². The molecule has 0 saturated carbocycles. The first kappa shape index (κ1) is 22.8. The quantitative estimate of drug-likeness (QED) is 0.685. The van der Waals surface area contributed by atoms with E-state index in [9.17, 15) is 13.2 Å². The maximum atomic E-state index is 13.0. The van der Waals surface area contributed by atoms with Crippen molar-refractivity contribution in [3.63, 3.8) is 0 Å². The molecular formula is C22H27ClN4O4S. The monoisotopic (exact) mass is 478 g/mol. The smallest absolute Gasteiger partial charge is 0.244 e. The van der Waals surface area contributed by atoms with E-state index in [-0.39, 0.29) is 22.4 Å². The number of morpholine rings is 1. The van der Waals surface area contributed by atoms with Crippen molar-refractivity contribution in [1.29, 1.82) is 0 Å². The van der Waals surface area contributed by atoms with Crippen LogP contribution in [0.1, 0.15) is 0 Å². The van der Waals surface area contributed by atoms with Gasteiger partial charge in [-0.3, -0.25) is 4.79 Å². The number of ether oxygens (including phenoxy) is 1. The fraction of sp³-hybridized carbons (Fsp3) is 0.409. The lowest BCUT2D eigenvalue weighted by atomic mass is 10.2. The second-order valence-electron chi connectivity index (χ2n) is 7.72. The van der Waals surface area contributed by atoms with Crippen molar-refractivity contribution in [1.82, 2.24) is 9.21 Å². The van der Waals surface area contributed by atoms with Gasteiger partial charge in [0.05, 0.1) is 24.8 Å². The van der Waals surface area contributed by atoms with Gasteiger partial charge in [0.2, 0.25) is 15.9 Å². The number of amides is 1. The normalized spacial score (nSPS) is 17.9. The lowest BCUT2D eigenvalue weighted by molar-refractivity contribution is -0.129. The molecule has 2 aliphatic rings. The Kier molecular flexibility index (Phi) is 7.20. The van der Waals surface area contributed by atoms with E-state index in [1.54, 1.807) is 12.1 Å². The van der Waals surface area contributed by atoms with Crippen molar-refractivity contribution in [2.45, 2.75) is 4.90 Å². The van der Waals surface area contributed by atoms with Gasteiger partial charge >= 0.3 is 0 Å². The minimum atomic E-state index is -3.73. The molecule has 8 nitrogen and oxygen atoms in total. The van der Waals surface area contributed by atoms with Crippen LogP contribution < -0.4 is 10.2 Å². The van der Waals surface area contributed by atoms with Gasteiger partial charge in [0.15, 0.2) is 0 Å². The summed E-state index contributed by atoms with van der Waals surface area (Å²) < 4.78 is 32.6. The predicted octanol–water partition coefficient (Wildman–Crippen LogP) is 2.12. The highest BCUT2D eigenvalue weighted by Crippen LogP contribution is 2.28. The number of nitrogens with zero attached hydrogens (tertiary/aromatic N) is 3. The van der Waals surface area contributed by atoms with E-state index in [0.29, 0.717) is 45.1 Å². The second kappa shape index (κ2) is 10.1. The van der Waals surface area contributed by atoms with Gasteiger partial charge in [0.1, 0.15) is 4.90 Å². The summed E-state index contributed by atoms with van der Waals surface area (Å²) in [4.78, 5) is 16.8. The number of nitrogens with one attached hydrogen (secondary N) is 1. The van der Waals surface area contributed by atoms with E-state index in [1.165, 1.54) is 10.4 Å². The molecule has 0 bridgehead atoms. The van der Waals surface area contributed by atoms with E-state index in [1.807, 2.05) is 23.1 Å². The molecule has 2 fully saturated rings. The average Bonchev–Trinajstić information content (AvgIpc) is 2.84. The highest BCUT2D eigenvalue weighted by atomic mass is 35.5. The Bertz CT molecular complexity index is 1040. The van der Waals surface area contributed by atoms with Crippen molar-refractivity contribution >= 4 is 38.9 Å². The molecule has 2 aromatic carbocycles. The fourth-order valence-electron chi connectivity index (χ4n) is 3.88. The lowest BCUT2D eigenvalue weighted by Crippen LogP contribution is -2.50. The number of carbonyl (C=O) groups excluding carboxylic acids is 1. The Hall–Kier alpha value is -2.33. The van der Waals surface area contributed by atoms with Crippen molar-refractivity contribution in [3.05, 3.63) is 53.6 Å². The standard InChI is InChI=1S/C22H27ClN4O4S/c23-20-7-6-18(16-21(20)32(29,30)27-12-14-31-15-13-27)24-17-22(28)26-10-8-25(9-11-26)19-4-2-1-3-5-19/h1-7,16,24H,8-15,17H2.